The molecule has 1 aromatic carbocycles. The van der Waals surface area contributed by atoms with Crippen LogP contribution in [0.1, 0.15) is 18.2 Å². The van der Waals surface area contributed by atoms with E-state index in [2.05, 4.69) is 20.9 Å². The normalized spacial score (nSPS) is 10.2. The number of aromatic nitrogens is 1. The fourth-order valence-electron chi connectivity index (χ4n) is 2.56. The van der Waals surface area contributed by atoms with Gasteiger partial charge in [-0.1, -0.05) is 18.2 Å². The van der Waals surface area contributed by atoms with Crippen LogP contribution in [0.3, 0.4) is 0 Å². The van der Waals surface area contributed by atoms with Gasteiger partial charge < -0.3 is 29.8 Å². The Labute approximate surface area is 179 Å². The summed E-state index contributed by atoms with van der Waals surface area (Å²) in [7, 11) is 0. The predicted molar refractivity (Wildman–Crippen MR) is 113 cm³/mol. The van der Waals surface area contributed by atoms with Gasteiger partial charge in [0.15, 0.2) is 11.5 Å². The zero-order valence-corrected chi connectivity index (χ0v) is 17.1. The standard InChI is InChI=1S/C22H24N4O5/c1-2-29-18-7-3-4-8-19(18)31-21-10-9-16(12-24-21)13-25-22(28)26-15-20(27)23-14-17-6-5-11-30-17/h3-12H,2,13-15H2,1H3,(H,23,27)(H2,25,26,28). The summed E-state index contributed by atoms with van der Waals surface area (Å²) < 4.78 is 16.4. The summed E-state index contributed by atoms with van der Waals surface area (Å²) >= 11 is 0. The number of ether oxygens (including phenoxy) is 2. The van der Waals surface area contributed by atoms with E-state index in [1.54, 1.807) is 36.5 Å². The van der Waals surface area contributed by atoms with Crippen LogP contribution in [-0.2, 0) is 17.9 Å². The maximum atomic E-state index is 11.9. The van der Waals surface area contributed by atoms with Crippen LogP contribution < -0.4 is 25.4 Å². The fourth-order valence-corrected chi connectivity index (χ4v) is 2.56. The van der Waals surface area contributed by atoms with Crippen molar-refractivity contribution in [2.45, 2.75) is 20.0 Å². The molecule has 0 bridgehead atoms. The maximum absolute atomic E-state index is 11.9. The minimum absolute atomic E-state index is 0.142. The van der Waals surface area contributed by atoms with Gasteiger partial charge in [0.05, 0.1) is 26.0 Å². The van der Waals surface area contributed by atoms with Crippen LogP contribution in [0.4, 0.5) is 4.79 Å². The highest BCUT2D eigenvalue weighted by Gasteiger charge is 2.08. The molecule has 0 atom stereocenters. The Morgan fingerprint density at radius 2 is 1.81 bits per heavy atom. The molecule has 0 saturated heterocycles. The number of hydrogen-bond donors (Lipinski definition) is 3. The second kappa shape index (κ2) is 11.2. The number of amides is 3. The van der Waals surface area contributed by atoms with Gasteiger partial charge in [-0.15, -0.1) is 0 Å². The van der Waals surface area contributed by atoms with E-state index in [4.69, 9.17) is 13.9 Å². The van der Waals surface area contributed by atoms with Gasteiger partial charge in [0.2, 0.25) is 11.8 Å². The number of benzene rings is 1. The van der Waals surface area contributed by atoms with Crippen molar-refractivity contribution in [3.8, 4) is 17.4 Å². The molecule has 0 aliphatic heterocycles. The third kappa shape index (κ3) is 7.07. The Kier molecular flexibility index (Phi) is 7.87. The van der Waals surface area contributed by atoms with Gasteiger partial charge in [-0.05, 0) is 36.8 Å². The Morgan fingerprint density at radius 3 is 2.52 bits per heavy atom. The van der Waals surface area contributed by atoms with E-state index < -0.39 is 6.03 Å². The Morgan fingerprint density at radius 1 is 0.968 bits per heavy atom. The summed E-state index contributed by atoms with van der Waals surface area (Å²) in [5.74, 6) is 1.95. The van der Waals surface area contributed by atoms with Crippen molar-refractivity contribution < 1.29 is 23.5 Å². The second-order valence-corrected chi connectivity index (χ2v) is 6.38. The van der Waals surface area contributed by atoms with Crippen molar-refractivity contribution >= 4 is 11.9 Å². The average Bonchev–Trinajstić information content (AvgIpc) is 3.31. The first kappa shape index (κ1) is 21.7. The number of pyridine rings is 1. The van der Waals surface area contributed by atoms with Crippen LogP contribution in [0.25, 0.3) is 0 Å². The second-order valence-electron chi connectivity index (χ2n) is 6.38. The zero-order valence-electron chi connectivity index (χ0n) is 17.1. The summed E-state index contributed by atoms with van der Waals surface area (Å²) in [6, 6.07) is 13.9. The molecule has 9 heteroatoms. The van der Waals surface area contributed by atoms with Crippen molar-refractivity contribution in [1.29, 1.82) is 0 Å². The van der Waals surface area contributed by atoms with Gasteiger partial charge in [-0.25, -0.2) is 9.78 Å². The number of urea groups is 1. The summed E-state index contributed by atoms with van der Waals surface area (Å²) in [4.78, 5) is 27.9. The number of carbonyl (C=O) groups is 2. The van der Waals surface area contributed by atoms with Crippen molar-refractivity contribution in [2.24, 2.45) is 0 Å². The lowest BCUT2D eigenvalue weighted by atomic mass is 10.3. The molecule has 3 aromatic rings. The molecule has 0 unspecified atom stereocenters. The quantitative estimate of drug-likeness (QED) is 0.461. The van der Waals surface area contributed by atoms with E-state index in [1.807, 2.05) is 25.1 Å². The molecular weight excluding hydrogens is 400 g/mol. The molecule has 0 aliphatic rings. The van der Waals surface area contributed by atoms with E-state index in [1.165, 1.54) is 6.26 Å². The van der Waals surface area contributed by atoms with Crippen LogP contribution in [0.15, 0.2) is 65.4 Å². The molecule has 2 heterocycles. The molecule has 3 N–H and O–H groups in total. The van der Waals surface area contributed by atoms with Crippen molar-refractivity contribution in [3.63, 3.8) is 0 Å². The lowest BCUT2D eigenvalue weighted by molar-refractivity contribution is -0.120. The van der Waals surface area contributed by atoms with Crippen LogP contribution in [-0.4, -0.2) is 30.1 Å². The number of nitrogens with zero attached hydrogens (tertiary/aromatic N) is 1. The Bertz CT molecular complexity index is 974. The summed E-state index contributed by atoms with van der Waals surface area (Å²) in [5.41, 5.74) is 0.780. The largest absolute Gasteiger partial charge is 0.490 e. The highest BCUT2D eigenvalue weighted by molar-refractivity contribution is 5.83. The number of furan rings is 1. The molecular formula is C22H24N4O5. The molecule has 31 heavy (non-hydrogen) atoms. The maximum Gasteiger partial charge on any atom is 0.315 e. The van der Waals surface area contributed by atoms with Gasteiger partial charge in [-0.3, -0.25) is 4.79 Å². The van der Waals surface area contributed by atoms with E-state index >= 15 is 0 Å². The highest BCUT2D eigenvalue weighted by atomic mass is 16.5. The molecule has 0 spiro atoms. The number of rotatable bonds is 10. The van der Waals surface area contributed by atoms with E-state index in [-0.39, 0.29) is 25.5 Å². The lowest BCUT2D eigenvalue weighted by Gasteiger charge is -2.11. The Hall–Kier alpha value is -4.01. The Balaban J connectivity index is 1.39. The third-order valence-corrected chi connectivity index (χ3v) is 4.06. The van der Waals surface area contributed by atoms with Gasteiger partial charge >= 0.3 is 6.03 Å². The van der Waals surface area contributed by atoms with Crippen LogP contribution in [0.2, 0.25) is 0 Å². The SMILES string of the molecule is CCOc1ccccc1Oc1ccc(CNC(=O)NCC(=O)NCc2ccco2)cn1. The number of para-hydroxylation sites is 2. The molecule has 0 saturated carbocycles. The summed E-state index contributed by atoms with van der Waals surface area (Å²) in [5, 5.41) is 7.81. The van der Waals surface area contributed by atoms with Gasteiger partial charge in [0, 0.05) is 18.8 Å². The molecule has 0 radical (unpaired) electrons. The van der Waals surface area contributed by atoms with Crippen molar-refractivity contribution in [2.75, 3.05) is 13.2 Å². The molecule has 3 rings (SSSR count). The topological polar surface area (TPSA) is 115 Å². The molecule has 3 amide bonds. The first-order chi connectivity index (χ1) is 15.1. The van der Waals surface area contributed by atoms with Crippen LogP contribution >= 0.6 is 0 Å². The lowest BCUT2D eigenvalue weighted by Crippen LogP contribution is -2.41. The number of carbonyl (C=O) groups excluding carboxylic acids is 2. The zero-order chi connectivity index (χ0) is 21.9. The smallest absolute Gasteiger partial charge is 0.315 e. The number of hydrogen-bond acceptors (Lipinski definition) is 6. The minimum atomic E-state index is -0.459. The van der Waals surface area contributed by atoms with Gasteiger partial charge in [-0.2, -0.15) is 0 Å². The first-order valence-corrected chi connectivity index (χ1v) is 9.79. The van der Waals surface area contributed by atoms with E-state index in [0.29, 0.717) is 29.7 Å². The molecule has 2 aromatic heterocycles. The first-order valence-electron chi connectivity index (χ1n) is 9.79. The average molecular weight is 424 g/mol. The monoisotopic (exact) mass is 424 g/mol. The molecule has 9 nitrogen and oxygen atoms in total. The third-order valence-electron chi connectivity index (χ3n) is 4.06. The van der Waals surface area contributed by atoms with Crippen LogP contribution in [0, 0.1) is 0 Å². The van der Waals surface area contributed by atoms with Crippen molar-refractivity contribution in [3.05, 3.63) is 72.3 Å². The fraction of sp³-hybridized carbons (Fsp3) is 0.227. The molecule has 0 fully saturated rings. The van der Waals surface area contributed by atoms with E-state index in [0.717, 1.165) is 5.56 Å². The number of nitrogens with one attached hydrogen (secondary N) is 3. The predicted octanol–water partition coefficient (Wildman–Crippen LogP) is 2.98. The van der Waals surface area contributed by atoms with Gasteiger partial charge in [0.25, 0.3) is 0 Å². The van der Waals surface area contributed by atoms with E-state index in [9.17, 15) is 9.59 Å². The minimum Gasteiger partial charge on any atom is -0.490 e. The van der Waals surface area contributed by atoms with Gasteiger partial charge in [0.1, 0.15) is 5.76 Å². The van der Waals surface area contributed by atoms with Crippen LogP contribution in [0.5, 0.6) is 17.4 Å². The summed E-state index contributed by atoms with van der Waals surface area (Å²) in [6.45, 7) is 2.82. The molecule has 0 aliphatic carbocycles. The molecule has 162 valence electrons. The highest BCUT2D eigenvalue weighted by Crippen LogP contribution is 2.30. The summed E-state index contributed by atoms with van der Waals surface area (Å²) in [6.07, 6.45) is 3.13. The van der Waals surface area contributed by atoms with Crippen molar-refractivity contribution in [1.82, 2.24) is 20.9 Å².